The van der Waals surface area contributed by atoms with Gasteiger partial charge in [0.05, 0.1) is 5.56 Å². The van der Waals surface area contributed by atoms with Crippen LogP contribution in [0.5, 0.6) is 5.75 Å². The summed E-state index contributed by atoms with van der Waals surface area (Å²) in [5.41, 5.74) is 1.43. The van der Waals surface area contributed by atoms with E-state index < -0.39 is 0 Å². The number of ether oxygens (including phenoxy) is 1. The van der Waals surface area contributed by atoms with E-state index in [2.05, 4.69) is 17.2 Å². The number of H-pyrrole nitrogens is 1. The van der Waals surface area contributed by atoms with Gasteiger partial charge in [0.15, 0.2) is 0 Å². The average Bonchev–Trinajstić information content (AvgIpc) is 3.24. The van der Waals surface area contributed by atoms with Gasteiger partial charge in [0.1, 0.15) is 5.75 Å². The molecule has 0 radical (unpaired) electrons. The lowest BCUT2D eigenvalue weighted by atomic mass is 10.0. The maximum Gasteiger partial charge on any atom is 0.308 e. The number of hydrogen-bond acceptors (Lipinski definition) is 3. The predicted molar refractivity (Wildman–Crippen MR) is 141 cm³/mol. The van der Waals surface area contributed by atoms with Crippen molar-refractivity contribution < 1.29 is 14.3 Å². The van der Waals surface area contributed by atoms with E-state index in [-0.39, 0.29) is 11.9 Å². The van der Waals surface area contributed by atoms with Crippen molar-refractivity contribution in [3.05, 3.63) is 30.0 Å². The van der Waals surface area contributed by atoms with Gasteiger partial charge in [-0.3, -0.25) is 9.59 Å². The molecule has 0 aliphatic rings. The molecule has 2 rings (SSSR count). The zero-order chi connectivity index (χ0) is 24.4. The van der Waals surface area contributed by atoms with Crippen molar-refractivity contribution >= 4 is 22.8 Å². The van der Waals surface area contributed by atoms with Crippen LogP contribution < -0.4 is 10.1 Å². The molecule has 0 aliphatic heterocycles. The highest BCUT2D eigenvalue weighted by Crippen LogP contribution is 2.24. The van der Waals surface area contributed by atoms with Crippen LogP contribution in [-0.2, 0) is 4.79 Å². The number of aromatic nitrogens is 1. The van der Waals surface area contributed by atoms with Crippen molar-refractivity contribution in [1.29, 1.82) is 0 Å². The van der Waals surface area contributed by atoms with Crippen molar-refractivity contribution in [1.82, 2.24) is 10.3 Å². The Morgan fingerprint density at radius 2 is 1.32 bits per heavy atom. The van der Waals surface area contributed by atoms with Gasteiger partial charge in [0.25, 0.3) is 5.91 Å². The molecule has 0 saturated carbocycles. The molecule has 5 nitrogen and oxygen atoms in total. The van der Waals surface area contributed by atoms with Gasteiger partial charge in [-0.2, -0.15) is 0 Å². The van der Waals surface area contributed by atoms with E-state index in [1.54, 1.807) is 18.3 Å². The minimum Gasteiger partial charge on any atom is -0.427 e. The van der Waals surface area contributed by atoms with Crippen LogP contribution in [0.1, 0.15) is 127 Å². The van der Waals surface area contributed by atoms with E-state index in [0.717, 1.165) is 23.7 Å². The molecule has 5 heteroatoms. The summed E-state index contributed by atoms with van der Waals surface area (Å²) in [6.07, 6.45) is 23.2. The lowest BCUT2D eigenvalue weighted by Crippen LogP contribution is -2.24. The Labute approximate surface area is 206 Å². The highest BCUT2D eigenvalue weighted by atomic mass is 16.5. The number of unbranched alkanes of at least 4 members (excludes halogenated alkanes) is 15. The van der Waals surface area contributed by atoms with Gasteiger partial charge in [-0.1, -0.05) is 103 Å². The third-order valence-electron chi connectivity index (χ3n) is 6.48. The third kappa shape index (κ3) is 11.2. The highest BCUT2D eigenvalue weighted by molar-refractivity contribution is 6.07. The van der Waals surface area contributed by atoms with E-state index >= 15 is 0 Å². The number of aromatic amines is 1. The maximum absolute atomic E-state index is 12.6. The minimum atomic E-state index is -0.371. The van der Waals surface area contributed by atoms with E-state index in [1.807, 2.05) is 6.07 Å². The monoisotopic (exact) mass is 470 g/mol. The lowest BCUT2D eigenvalue weighted by molar-refractivity contribution is -0.131. The van der Waals surface area contributed by atoms with Crippen molar-refractivity contribution in [2.45, 2.75) is 117 Å². The van der Waals surface area contributed by atoms with Crippen LogP contribution in [0.4, 0.5) is 0 Å². The number of benzene rings is 1. The zero-order valence-electron chi connectivity index (χ0n) is 21.6. The molecule has 0 aliphatic carbocycles. The van der Waals surface area contributed by atoms with Crippen LogP contribution in [0.25, 0.3) is 10.9 Å². The van der Waals surface area contributed by atoms with Gasteiger partial charge in [-0.25, -0.2) is 0 Å². The largest absolute Gasteiger partial charge is 0.427 e. The first-order valence-electron chi connectivity index (χ1n) is 13.7. The standard InChI is InChI=1S/C29H46N2O3/c1-3-4-5-6-7-8-9-10-11-12-13-14-15-16-17-18-21-30-29(33)27-23-31-28-20-19-25(22-26(27)28)34-24(2)32/h19-20,22-23,31H,3-18,21H2,1-2H3,(H,30,33). The molecule has 190 valence electrons. The molecule has 2 N–H and O–H groups in total. The van der Waals surface area contributed by atoms with Crippen LogP contribution in [0.2, 0.25) is 0 Å². The number of carbonyl (C=O) groups is 2. The van der Waals surface area contributed by atoms with Gasteiger partial charge in [-0.05, 0) is 24.6 Å². The van der Waals surface area contributed by atoms with Crippen molar-refractivity contribution in [2.75, 3.05) is 6.54 Å². The summed E-state index contributed by atoms with van der Waals surface area (Å²) >= 11 is 0. The van der Waals surface area contributed by atoms with Crippen LogP contribution in [-0.4, -0.2) is 23.4 Å². The van der Waals surface area contributed by atoms with Crippen LogP contribution in [0.15, 0.2) is 24.4 Å². The Bertz CT molecular complexity index is 843. The molecule has 0 saturated heterocycles. The molecule has 1 aromatic carbocycles. The normalized spacial score (nSPS) is 11.1. The number of hydrogen-bond donors (Lipinski definition) is 2. The molecule has 0 bridgehead atoms. The fourth-order valence-corrected chi connectivity index (χ4v) is 4.49. The number of nitrogens with one attached hydrogen (secondary N) is 2. The first kappa shape index (κ1) is 27.9. The molecule has 1 amide bonds. The highest BCUT2D eigenvalue weighted by Gasteiger charge is 2.13. The first-order valence-corrected chi connectivity index (χ1v) is 13.7. The Kier molecular flexibility index (Phi) is 14.1. The second-order valence-electron chi connectivity index (χ2n) is 9.56. The molecular formula is C29H46N2O3. The van der Waals surface area contributed by atoms with E-state index in [1.165, 1.54) is 96.8 Å². The molecule has 1 heterocycles. The fourth-order valence-electron chi connectivity index (χ4n) is 4.49. The maximum atomic E-state index is 12.6. The van der Waals surface area contributed by atoms with Gasteiger partial charge >= 0.3 is 5.97 Å². The van der Waals surface area contributed by atoms with E-state index in [9.17, 15) is 9.59 Å². The molecule has 1 aromatic heterocycles. The smallest absolute Gasteiger partial charge is 0.308 e. The van der Waals surface area contributed by atoms with Gasteiger partial charge < -0.3 is 15.0 Å². The lowest BCUT2D eigenvalue weighted by Gasteiger charge is -2.06. The Hall–Kier alpha value is -2.30. The van der Waals surface area contributed by atoms with Crippen molar-refractivity contribution in [3.63, 3.8) is 0 Å². The summed E-state index contributed by atoms with van der Waals surface area (Å²) in [7, 11) is 0. The number of carbonyl (C=O) groups excluding carboxylic acids is 2. The second kappa shape index (κ2) is 17.2. The molecular weight excluding hydrogens is 424 g/mol. The number of fused-ring (bicyclic) bond motifs is 1. The predicted octanol–water partition coefficient (Wildman–Crippen LogP) is 8.08. The molecule has 0 fully saturated rings. The number of esters is 1. The molecule has 2 aromatic rings. The topological polar surface area (TPSA) is 71.2 Å². The summed E-state index contributed by atoms with van der Waals surface area (Å²) < 4.78 is 5.14. The van der Waals surface area contributed by atoms with Gasteiger partial charge in [-0.15, -0.1) is 0 Å². The Morgan fingerprint density at radius 1 is 0.794 bits per heavy atom. The Balaban J connectivity index is 1.46. The molecule has 34 heavy (non-hydrogen) atoms. The van der Waals surface area contributed by atoms with Crippen molar-refractivity contribution in [2.24, 2.45) is 0 Å². The second-order valence-corrected chi connectivity index (χ2v) is 9.56. The third-order valence-corrected chi connectivity index (χ3v) is 6.48. The van der Waals surface area contributed by atoms with Crippen LogP contribution in [0, 0.1) is 0 Å². The Morgan fingerprint density at radius 3 is 1.85 bits per heavy atom. The SMILES string of the molecule is CCCCCCCCCCCCCCCCCCNC(=O)c1c[nH]c2ccc(OC(C)=O)cc12. The zero-order valence-corrected chi connectivity index (χ0v) is 21.6. The number of rotatable bonds is 19. The summed E-state index contributed by atoms with van der Waals surface area (Å²) in [6, 6.07) is 5.27. The van der Waals surface area contributed by atoms with Gasteiger partial charge in [0, 0.05) is 30.6 Å². The van der Waals surface area contributed by atoms with E-state index in [0.29, 0.717) is 17.9 Å². The molecule has 0 unspecified atom stereocenters. The summed E-state index contributed by atoms with van der Waals surface area (Å²) in [5, 5.41) is 3.79. The summed E-state index contributed by atoms with van der Waals surface area (Å²) in [5.74, 6) is -0.0111. The van der Waals surface area contributed by atoms with Crippen molar-refractivity contribution in [3.8, 4) is 5.75 Å². The van der Waals surface area contributed by atoms with Crippen LogP contribution >= 0.6 is 0 Å². The molecule has 0 spiro atoms. The fraction of sp³-hybridized carbons (Fsp3) is 0.655. The molecule has 0 atom stereocenters. The quantitative estimate of drug-likeness (QED) is 0.124. The van der Waals surface area contributed by atoms with Gasteiger partial charge in [0.2, 0.25) is 0 Å². The minimum absolute atomic E-state index is 0.0906. The number of amides is 1. The van der Waals surface area contributed by atoms with Crippen LogP contribution in [0.3, 0.4) is 0 Å². The summed E-state index contributed by atoms with van der Waals surface area (Å²) in [4.78, 5) is 26.9. The summed E-state index contributed by atoms with van der Waals surface area (Å²) in [6.45, 7) is 4.33. The van der Waals surface area contributed by atoms with E-state index in [4.69, 9.17) is 4.74 Å². The average molecular weight is 471 g/mol. The first-order chi connectivity index (χ1) is 16.6.